The second kappa shape index (κ2) is 5.79. The molecule has 0 bridgehead atoms. The van der Waals surface area contributed by atoms with Crippen molar-refractivity contribution in [1.82, 2.24) is 0 Å². The fourth-order valence-corrected chi connectivity index (χ4v) is 8.74. The Morgan fingerprint density at radius 3 is 2.68 bits per heavy atom. The third-order valence-corrected chi connectivity index (χ3v) is 10.3. The van der Waals surface area contributed by atoms with Gasteiger partial charge < -0.3 is 19.3 Å². The van der Waals surface area contributed by atoms with Crippen molar-refractivity contribution in [2.24, 2.45) is 28.6 Å². The van der Waals surface area contributed by atoms with E-state index in [4.69, 9.17) is 14.2 Å². The zero-order valence-corrected chi connectivity index (χ0v) is 18.3. The van der Waals surface area contributed by atoms with Crippen molar-refractivity contribution in [3.05, 3.63) is 11.6 Å². The van der Waals surface area contributed by atoms with E-state index < -0.39 is 28.6 Å². The molecule has 9 atom stereocenters. The lowest BCUT2D eigenvalue weighted by Gasteiger charge is -2.58. The fraction of sp³-hybridized carbons (Fsp3) is 0.792. The molecule has 0 aromatic carbocycles. The van der Waals surface area contributed by atoms with E-state index in [1.807, 2.05) is 0 Å². The summed E-state index contributed by atoms with van der Waals surface area (Å²) in [4.78, 5) is 37.5. The number of rotatable bonds is 1. The van der Waals surface area contributed by atoms with Crippen LogP contribution in [-0.4, -0.2) is 53.3 Å². The molecule has 1 N–H and O–H groups in total. The van der Waals surface area contributed by atoms with Crippen LogP contribution in [0.5, 0.6) is 0 Å². The van der Waals surface area contributed by atoms with Crippen molar-refractivity contribution < 1.29 is 33.7 Å². The molecular formula is C24H30O7. The van der Waals surface area contributed by atoms with Crippen molar-refractivity contribution in [1.29, 1.82) is 0 Å². The van der Waals surface area contributed by atoms with Gasteiger partial charge in [-0.05, 0) is 50.5 Å². The van der Waals surface area contributed by atoms with E-state index in [0.29, 0.717) is 19.3 Å². The average Bonchev–Trinajstić information content (AvgIpc) is 3.21. The molecule has 7 heteroatoms. The maximum Gasteiger partial charge on any atom is 0.309 e. The molecule has 168 valence electrons. The summed E-state index contributed by atoms with van der Waals surface area (Å²) in [6.45, 7) is 4.31. The van der Waals surface area contributed by atoms with Crippen molar-refractivity contribution in [3.63, 3.8) is 0 Å². The smallest absolute Gasteiger partial charge is 0.309 e. The number of ketones is 1. The minimum atomic E-state index is -1.04. The van der Waals surface area contributed by atoms with Crippen LogP contribution in [0.1, 0.15) is 58.8 Å². The van der Waals surface area contributed by atoms with Crippen LogP contribution >= 0.6 is 0 Å². The summed E-state index contributed by atoms with van der Waals surface area (Å²) in [5.41, 5.74) is -0.923. The molecule has 6 rings (SSSR count). The largest absolute Gasteiger partial charge is 0.469 e. The van der Waals surface area contributed by atoms with E-state index in [1.54, 1.807) is 6.08 Å². The standard InChI is InChI=1S/C24H30O7/c1-21-10-16(26)15(25)9-12(21)8-13(20(28)29-3)19-14-4-6-23(7-5-18(27)31-23)22(14,2)11-17-24(19,21)30-17/h9,13-14,16-17,19,26H,4-8,10-11H2,1-3H3/t13-,14?,16?,17-,19?,21+,22+,23-,24-/m1/s1. The summed E-state index contributed by atoms with van der Waals surface area (Å²) in [6.07, 6.45) is 4.82. The number of hydrogen-bond donors (Lipinski definition) is 1. The van der Waals surface area contributed by atoms with E-state index in [-0.39, 0.29) is 41.1 Å². The number of esters is 2. The normalized spacial score (nSPS) is 54.3. The number of carbonyl (C=O) groups is 3. The molecule has 7 nitrogen and oxygen atoms in total. The maximum atomic E-state index is 13.0. The molecule has 2 spiro atoms. The Labute approximate surface area is 181 Å². The van der Waals surface area contributed by atoms with Crippen LogP contribution in [-0.2, 0) is 28.6 Å². The van der Waals surface area contributed by atoms with Crippen LogP contribution in [0.4, 0.5) is 0 Å². The van der Waals surface area contributed by atoms with Gasteiger partial charge in [0.2, 0.25) is 0 Å². The highest BCUT2D eigenvalue weighted by atomic mass is 16.6. The molecule has 3 unspecified atom stereocenters. The number of aliphatic hydroxyl groups excluding tert-OH is 1. The van der Waals surface area contributed by atoms with Gasteiger partial charge in [-0.15, -0.1) is 0 Å². The molecule has 31 heavy (non-hydrogen) atoms. The van der Waals surface area contributed by atoms with Crippen molar-refractivity contribution in [3.8, 4) is 0 Å². The van der Waals surface area contributed by atoms with Gasteiger partial charge in [0.05, 0.1) is 19.1 Å². The Morgan fingerprint density at radius 2 is 2.00 bits per heavy atom. The lowest BCUT2D eigenvalue weighted by molar-refractivity contribution is -0.173. The van der Waals surface area contributed by atoms with Gasteiger partial charge in [-0.1, -0.05) is 19.4 Å². The molecule has 0 aromatic heterocycles. The summed E-state index contributed by atoms with van der Waals surface area (Å²) in [5, 5.41) is 10.5. The van der Waals surface area contributed by atoms with E-state index >= 15 is 0 Å². The van der Waals surface area contributed by atoms with E-state index in [9.17, 15) is 19.5 Å². The first-order valence-corrected chi connectivity index (χ1v) is 11.5. The first kappa shape index (κ1) is 19.9. The molecule has 0 amide bonds. The van der Waals surface area contributed by atoms with Crippen LogP contribution in [0, 0.1) is 28.6 Å². The fourth-order valence-electron chi connectivity index (χ4n) is 8.74. The summed E-state index contributed by atoms with van der Waals surface area (Å²) in [7, 11) is 1.41. The maximum absolute atomic E-state index is 13.0. The second-order valence-electron chi connectivity index (χ2n) is 11.1. The number of epoxide rings is 1. The zero-order valence-electron chi connectivity index (χ0n) is 18.3. The highest BCUT2D eigenvalue weighted by Crippen LogP contribution is 2.78. The Morgan fingerprint density at radius 1 is 1.23 bits per heavy atom. The summed E-state index contributed by atoms with van der Waals surface area (Å²) >= 11 is 0. The first-order chi connectivity index (χ1) is 14.6. The van der Waals surface area contributed by atoms with E-state index in [1.165, 1.54) is 7.11 Å². The number of aliphatic hydroxyl groups is 1. The van der Waals surface area contributed by atoms with Crippen LogP contribution < -0.4 is 0 Å². The Balaban J connectivity index is 1.49. The van der Waals surface area contributed by atoms with Gasteiger partial charge in [-0.2, -0.15) is 0 Å². The average molecular weight is 430 g/mol. The van der Waals surface area contributed by atoms with Gasteiger partial charge in [0.25, 0.3) is 0 Å². The van der Waals surface area contributed by atoms with E-state index in [0.717, 1.165) is 31.3 Å². The molecule has 0 radical (unpaired) electrons. The predicted molar refractivity (Wildman–Crippen MR) is 107 cm³/mol. The minimum Gasteiger partial charge on any atom is -0.469 e. The van der Waals surface area contributed by atoms with Crippen molar-refractivity contribution >= 4 is 17.7 Å². The minimum absolute atomic E-state index is 0.0886. The summed E-state index contributed by atoms with van der Waals surface area (Å²) in [5.74, 6) is -1.04. The van der Waals surface area contributed by atoms with Crippen LogP contribution in [0.15, 0.2) is 11.6 Å². The molecular weight excluding hydrogens is 400 g/mol. The third-order valence-electron chi connectivity index (χ3n) is 10.3. The zero-order chi connectivity index (χ0) is 22.0. The van der Waals surface area contributed by atoms with Crippen LogP contribution in [0.2, 0.25) is 0 Å². The first-order valence-electron chi connectivity index (χ1n) is 11.5. The SMILES string of the molecule is COC(=O)[C@@H]1CC2=CC(=O)C(O)C[C@]2(C)[C@@]23O[C@@H]2C[C@@]2(C)C(CC[C@@]24CCC(=O)O4)C13. The quantitative estimate of drug-likeness (QED) is 0.502. The second-order valence-corrected chi connectivity index (χ2v) is 11.1. The Kier molecular flexibility index (Phi) is 3.72. The number of methoxy groups -OCH3 is 1. The number of fused-ring (bicyclic) bond motifs is 4. The number of ether oxygens (including phenoxy) is 3. The van der Waals surface area contributed by atoms with Gasteiger partial charge in [-0.25, -0.2) is 0 Å². The van der Waals surface area contributed by atoms with Gasteiger partial charge >= 0.3 is 11.9 Å². The van der Waals surface area contributed by atoms with Gasteiger partial charge in [0.1, 0.15) is 17.3 Å². The molecule has 0 aromatic rings. The summed E-state index contributed by atoms with van der Waals surface area (Å²) < 4.78 is 17.8. The predicted octanol–water partition coefficient (Wildman–Crippen LogP) is 2.10. The van der Waals surface area contributed by atoms with Crippen molar-refractivity contribution in [2.75, 3.05) is 7.11 Å². The van der Waals surface area contributed by atoms with Gasteiger partial charge in [0.15, 0.2) is 5.78 Å². The molecule has 5 fully saturated rings. The molecule has 2 aliphatic heterocycles. The molecule has 2 saturated heterocycles. The Hall–Kier alpha value is -1.73. The highest BCUT2D eigenvalue weighted by molar-refractivity contribution is 5.95. The molecule has 6 aliphatic rings. The molecule has 2 heterocycles. The van der Waals surface area contributed by atoms with Crippen molar-refractivity contribution in [2.45, 2.75) is 82.2 Å². The number of carbonyl (C=O) groups excluding carboxylic acids is 3. The Bertz CT molecular complexity index is 940. The number of hydrogen-bond acceptors (Lipinski definition) is 7. The topological polar surface area (TPSA) is 102 Å². The van der Waals surface area contributed by atoms with Crippen LogP contribution in [0.25, 0.3) is 0 Å². The summed E-state index contributed by atoms with van der Waals surface area (Å²) in [6, 6.07) is 0. The van der Waals surface area contributed by atoms with Gasteiger partial charge in [0, 0.05) is 23.2 Å². The van der Waals surface area contributed by atoms with E-state index in [2.05, 4.69) is 13.8 Å². The third kappa shape index (κ3) is 2.11. The highest BCUT2D eigenvalue weighted by Gasteiger charge is 2.83. The molecule has 4 aliphatic carbocycles. The monoisotopic (exact) mass is 430 g/mol. The van der Waals surface area contributed by atoms with Crippen LogP contribution in [0.3, 0.4) is 0 Å². The lowest BCUT2D eigenvalue weighted by atomic mass is 9.43. The van der Waals surface area contributed by atoms with Gasteiger partial charge in [-0.3, -0.25) is 14.4 Å². The molecule has 3 saturated carbocycles. The lowest BCUT2D eigenvalue weighted by Crippen LogP contribution is -2.64.